The highest BCUT2D eigenvalue weighted by Gasteiger charge is 2.01. The molecule has 0 amide bonds. The number of hydrogen-bond donors (Lipinski definition) is 2. The van der Waals surface area contributed by atoms with Crippen LogP contribution in [0.1, 0.15) is 44.6 Å². The summed E-state index contributed by atoms with van der Waals surface area (Å²) in [5, 5.41) is 18.5. The van der Waals surface area contributed by atoms with Gasteiger partial charge in [-0.3, -0.25) is 4.99 Å². The zero-order chi connectivity index (χ0) is 14.6. The molecule has 0 radical (unpaired) electrons. The van der Waals surface area contributed by atoms with Gasteiger partial charge in [0.05, 0.1) is 6.61 Å². The summed E-state index contributed by atoms with van der Waals surface area (Å²) in [6.45, 7) is 3.56. The van der Waals surface area contributed by atoms with Gasteiger partial charge >= 0.3 is 0 Å². The van der Waals surface area contributed by atoms with E-state index in [9.17, 15) is 5.11 Å². The van der Waals surface area contributed by atoms with Crippen molar-refractivity contribution in [1.29, 1.82) is 0 Å². The molecule has 0 heterocycles. The molecule has 0 aliphatic heterocycles. The Bertz CT molecular complexity index is 405. The van der Waals surface area contributed by atoms with Gasteiger partial charge in [0.1, 0.15) is 11.5 Å². The highest BCUT2D eigenvalue weighted by atomic mass is 16.5. The van der Waals surface area contributed by atoms with Crippen LogP contribution >= 0.6 is 0 Å². The average Bonchev–Trinajstić information content (AvgIpc) is 2.45. The van der Waals surface area contributed by atoms with Crippen molar-refractivity contribution in [1.82, 2.24) is 0 Å². The van der Waals surface area contributed by atoms with Crippen LogP contribution in [-0.4, -0.2) is 36.2 Å². The van der Waals surface area contributed by atoms with E-state index in [0.29, 0.717) is 30.9 Å². The van der Waals surface area contributed by atoms with Gasteiger partial charge in [-0.05, 0) is 25.0 Å². The summed E-state index contributed by atoms with van der Waals surface area (Å²) in [7, 11) is 0. The molecule has 0 aliphatic rings. The van der Waals surface area contributed by atoms with E-state index in [1.165, 1.54) is 19.3 Å². The topological polar surface area (TPSA) is 62.0 Å². The van der Waals surface area contributed by atoms with E-state index in [2.05, 4.69) is 11.9 Å². The lowest BCUT2D eigenvalue weighted by Gasteiger charge is -2.07. The van der Waals surface area contributed by atoms with Gasteiger partial charge in [0.2, 0.25) is 0 Å². The molecule has 1 aromatic rings. The fourth-order valence-electron chi connectivity index (χ4n) is 1.77. The molecule has 2 N–H and O–H groups in total. The first kappa shape index (κ1) is 16.5. The van der Waals surface area contributed by atoms with Crippen LogP contribution in [0.5, 0.6) is 11.5 Å². The second-order valence-electron chi connectivity index (χ2n) is 4.74. The molecule has 0 atom stereocenters. The molecule has 1 aromatic carbocycles. The third-order valence-corrected chi connectivity index (χ3v) is 2.94. The van der Waals surface area contributed by atoms with Crippen LogP contribution < -0.4 is 4.74 Å². The van der Waals surface area contributed by atoms with Crippen molar-refractivity contribution in [2.45, 2.75) is 39.0 Å². The summed E-state index contributed by atoms with van der Waals surface area (Å²) in [6.07, 6.45) is 6.92. The quantitative estimate of drug-likeness (QED) is 0.511. The summed E-state index contributed by atoms with van der Waals surface area (Å²) in [5.41, 5.74) is 0.668. The van der Waals surface area contributed by atoms with Crippen molar-refractivity contribution in [3.8, 4) is 11.5 Å². The fraction of sp³-hybridized carbons (Fsp3) is 0.562. The Balaban J connectivity index is 2.40. The van der Waals surface area contributed by atoms with E-state index in [0.717, 1.165) is 6.42 Å². The molecule has 20 heavy (non-hydrogen) atoms. The van der Waals surface area contributed by atoms with E-state index in [1.807, 2.05) is 6.07 Å². The van der Waals surface area contributed by atoms with Crippen LogP contribution in [0.15, 0.2) is 23.2 Å². The number of nitrogens with zero attached hydrogens (tertiary/aromatic N) is 1. The lowest BCUT2D eigenvalue weighted by Crippen LogP contribution is -1.97. The number of rotatable bonds is 10. The maximum Gasteiger partial charge on any atom is 0.128 e. The smallest absolute Gasteiger partial charge is 0.128 e. The lowest BCUT2D eigenvalue weighted by molar-refractivity contribution is 0.291. The maximum atomic E-state index is 9.87. The number of hydrogen-bond acceptors (Lipinski definition) is 4. The molecule has 0 spiro atoms. The van der Waals surface area contributed by atoms with Gasteiger partial charge in [-0.25, -0.2) is 0 Å². The monoisotopic (exact) mass is 279 g/mol. The van der Waals surface area contributed by atoms with E-state index in [-0.39, 0.29) is 12.4 Å². The van der Waals surface area contributed by atoms with Gasteiger partial charge in [-0.1, -0.05) is 26.2 Å². The Morgan fingerprint density at radius 3 is 2.75 bits per heavy atom. The molecule has 0 aliphatic carbocycles. The molecular weight excluding hydrogens is 254 g/mol. The number of phenolic OH excluding ortho intramolecular Hbond substituents is 1. The van der Waals surface area contributed by atoms with E-state index in [4.69, 9.17) is 9.84 Å². The van der Waals surface area contributed by atoms with Gasteiger partial charge in [0.25, 0.3) is 0 Å². The van der Waals surface area contributed by atoms with E-state index >= 15 is 0 Å². The maximum absolute atomic E-state index is 9.87. The largest absolute Gasteiger partial charge is 0.507 e. The zero-order valence-electron chi connectivity index (χ0n) is 12.2. The van der Waals surface area contributed by atoms with Crippen molar-refractivity contribution in [3.63, 3.8) is 0 Å². The second kappa shape index (κ2) is 10.3. The molecule has 0 unspecified atom stereocenters. The van der Waals surface area contributed by atoms with Crippen LogP contribution in [0.25, 0.3) is 0 Å². The van der Waals surface area contributed by atoms with E-state index in [1.54, 1.807) is 18.3 Å². The standard InChI is InChI=1S/C16H25NO3/c1-2-3-4-5-11-20-15-8-7-14(16(19)12-15)13-17-9-6-10-18/h7-8,12-13,18-19H,2-6,9-11H2,1H3. The minimum atomic E-state index is 0.133. The van der Waals surface area contributed by atoms with Gasteiger partial charge in [-0.2, -0.15) is 0 Å². The lowest BCUT2D eigenvalue weighted by atomic mass is 10.2. The first-order chi connectivity index (χ1) is 9.77. The molecule has 4 heteroatoms. The Kier molecular flexibility index (Phi) is 8.47. The number of aliphatic hydroxyl groups excluding tert-OH is 1. The normalized spacial score (nSPS) is 11.1. The minimum Gasteiger partial charge on any atom is -0.507 e. The predicted molar refractivity (Wildman–Crippen MR) is 81.9 cm³/mol. The fourth-order valence-corrected chi connectivity index (χ4v) is 1.77. The molecule has 0 aromatic heterocycles. The highest BCUT2D eigenvalue weighted by Crippen LogP contribution is 2.22. The van der Waals surface area contributed by atoms with Gasteiger partial charge in [0.15, 0.2) is 0 Å². The third-order valence-electron chi connectivity index (χ3n) is 2.94. The van der Waals surface area contributed by atoms with Crippen LogP contribution in [0.3, 0.4) is 0 Å². The van der Waals surface area contributed by atoms with Crippen LogP contribution in [0, 0.1) is 0 Å². The number of benzene rings is 1. The van der Waals surface area contributed by atoms with Crippen molar-refractivity contribution in [3.05, 3.63) is 23.8 Å². The van der Waals surface area contributed by atoms with Crippen molar-refractivity contribution >= 4 is 6.21 Å². The Labute approximate surface area is 121 Å². The molecular formula is C16H25NO3. The summed E-state index contributed by atoms with van der Waals surface area (Å²) in [6, 6.07) is 5.25. The summed E-state index contributed by atoms with van der Waals surface area (Å²) in [4.78, 5) is 4.13. The SMILES string of the molecule is CCCCCCOc1ccc(C=NCCCO)c(O)c1. The van der Waals surface area contributed by atoms with E-state index < -0.39 is 0 Å². The number of aliphatic imine (C=N–C) groups is 1. The first-order valence-corrected chi connectivity index (χ1v) is 7.34. The Morgan fingerprint density at radius 1 is 1.20 bits per heavy atom. The number of phenols is 1. The summed E-state index contributed by atoms with van der Waals surface area (Å²) >= 11 is 0. The second-order valence-corrected chi connectivity index (χ2v) is 4.74. The average molecular weight is 279 g/mol. The Hall–Kier alpha value is -1.55. The van der Waals surface area contributed by atoms with Crippen molar-refractivity contribution in [2.75, 3.05) is 19.8 Å². The molecule has 0 bridgehead atoms. The molecule has 4 nitrogen and oxygen atoms in total. The van der Waals surface area contributed by atoms with Crippen molar-refractivity contribution in [2.24, 2.45) is 4.99 Å². The molecule has 1 rings (SSSR count). The Morgan fingerprint density at radius 2 is 2.05 bits per heavy atom. The zero-order valence-corrected chi connectivity index (χ0v) is 12.2. The number of unbranched alkanes of at least 4 members (excludes halogenated alkanes) is 3. The van der Waals surface area contributed by atoms with Crippen LogP contribution in [0.2, 0.25) is 0 Å². The number of aromatic hydroxyl groups is 1. The number of aliphatic hydroxyl groups is 1. The van der Waals surface area contributed by atoms with Gasteiger partial charge in [-0.15, -0.1) is 0 Å². The highest BCUT2D eigenvalue weighted by molar-refractivity contribution is 5.83. The molecule has 0 fully saturated rings. The summed E-state index contributed by atoms with van der Waals surface area (Å²) < 4.78 is 5.59. The van der Waals surface area contributed by atoms with Crippen LogP contribution in [0.4, 0.5) is 0 Å². The molecule has 0 saturated carbocycles. The molecule has 112 valence electrons. The minimum absolute atomic E-state index is 0.133. The van der Waals surface area contributed by atoms with Crippen LogP contribution in [-0.2, 0) is 0 Å². The van der Waals surface area contributed by atoms with Gasteiger partial charge in [0, 0.05) is 31.0 Å². The predicted octanol–water partition coefficient (Wildman–Crippen LogP) is 3.15. The molecule has 0 saturated heterocycles. The number of ether oxygens (including phenoxy) is 1. The van der Waals surface area contributed by atoms with Crippen molar-refractivity contribution < 1.29 is 14.9 Å². The first-order valence-electron chi connectivity index (χ1n) is 7.34. The summed E-state index contributed by atoms with van der Waals surface area (Å²) in [5.74, 6) is 0.857. The third kappa shape index (κ3) is 6.57. The van der Waals surface area contributed by atoms with Gasteiger partial charge < -0.3 is 14.9 Å².